The smallest absolute Gasteiger partial charge is 0.169 e. The number of ketones is 1. The van der Waals surface area contributed by atoms with Crippen molar-refractivity contribution in [2.24, 2.45) is 0 Å². The summed E-state index contributed by atoms with van der Waals surface area (Å²) in [5.41, 5.74) is 1.28. The molecule has 0 saturated carbocycles. The third-order valence-corrected chi connectivity index (χ3v) is 5.38. The monoisotopic (exact) mass is 269 g/mol. The van der Waals surface area contributed by atoms with Gasteiger partial charge in [-0.05, 0) is 55.3 Å². The van der Waals surface area contributed by atoms with Crippen LogP contribution in [0, 0.1) is 0 Å². The van der Waals surface area contributed by atoms with E-state index < -0.39 is 0 Å². The Labute approximate surface area is 111 Å². The van der Waals surface area contributed by atoms with Crippen LogP contribution in [0.25, 0.3) is 0 Å². The molecule has 0 unspecified atom stereocenters. The fourth-order valence-electron chi connectivity index (χ4n) is 2.19. The maximum absolute atomic E-state index is 11.2. The van der Waals surface area contributed by atoms with E-state index in [0.717, 1.165) is 17.5 Å². The molecule has 1 aromatic rings. The van der Waals surface area contributed by atoms with E-state index in [1.807, 2.05) is 6.07 Å². The predicted octanol–water partition coefficient (Wildman–Crippen LogP) is 3.28. The van der Waals surface area contributed by atoms with Crippen LogP contribution in [-0.2, 0) is 6.54 Å². The molecule has 1 fully saturated rings. The molecule has 0 spiro atoms. The van der Waals surface area contributed by atoms with Crippen LogP contribution >= 0.6 is 23.1 Å². The van der Waals surface area contributed by atoms with Crippen molar-refractivity contribution in [2.75, 3.05) is 18.6 Å². The van der Waals surface area contributed by atoms with Crippen LogP contribution in [0.4, 0.5) is 0 Å². The fourth-order valence-corrected chi connectivity index (χ4v) is 4.07. The fraction of sp³-hybridized carbons (Fsp3) is 0.615. The van der Waals surface area contributed by atoms with Gasteiger partial charge in [-0.1, -0.05) is 0 Å². The SMILES string of the molecule is CC(=O)c1cc(CN(C)C2CCSCC2)cs1. The van der Waals surface area contributed by atoms with E-state index in [-0.39, 0.29) is 5.78 Å². The summed E-state index contributed by atoms with van der Waals surface area (Å²) in [6, 6.07) is 2.76. The average Bonchev–Trinajstić information content (AvgIpc) is 2.79. The lowest BCUT2D eigenvalue weighted by Crippen LogP contribution is -2.34. The Bertz CT molecular complexity index is 383. The number of thioether (sulfide) groups is 1. The normalized spacial score (nSPS) is 17.6. The van der Waals surface area contributed by atoms with Crippen LogP contribution in [0.5, 0.6) is 0 Å². The number of nitrogens with zero attached hydrogens (tertiary/aromatic N) is 1. The Hall–Kier alpha value is -0.320. The van der Waals surface area contributed by atoms with Gasteiger partial charge in [-0.15, -0.1) is 11.3 Å². The van der Waals surface area contributed by atoms with Crippen molar-refractivity contribution >= 4 is 28.9 Å². The maximum Gasteiger partial charge on any atom is 0.169 e. The number of rotatable bonds is 4. The molecule has 1 aromatic heterocycles. The highest BCUT2D eigenvalue weighted by Gasteiger charge is 2.18. The molecule has 2 heterocycles. The van der Waals surface area contributed by atoms with Crippen LogP contribution in [-0.4, -0.2) is 35.3 Å². The maximum atomic E-state index is 11.2. The van der Waals surface area contributed by atoms with Crippen molar-refractivity contribution in [3.05, 3.63) is 21.9 Å². The van der Waals surface area contributed by atoms with Gasteiger partial charge in [0.25, 0.3) is 0 Å². The first-order valence-electron chi connectivity index (χ1n) is 6.03. The van der Waals surface area contributed by atoms with Crippen molar-refractivity contribution < 1.29 is 4.79 Å². The molecule has 0 amide bonds. The largest absolute Gasteiger partial charge is 0.299 e. The molecule has 1 aliphatic rings. The van der Waals surface area contributed by atoms with Gasteiger partial charge in [0.2, 0.25) is 0 Å². The molecule has 2 rings (SSSR count). The minimum atomic E-state index is 0.179. The highest BCUT2D eigenvalue weighted by atomic mass is 32.2. The lowest BCUT2D eigenvalue weighted by atomic mass is 10.1. The predicted molar refractivity (Wildman–Crippen MR) is 76.1 cm³/mol. The lowest BCUT2D eigenvalue weighted by Gasteiger charge is -2.30. The van der Waals surface area contributed by atoms with Gasteiger partial charge in [0.1, 0.15) is 0 Å². The van der Waals surface area contributed by atoms with Crippen molar-refractivity contribution in [1.29, 1.82) is 0 Å². The van der Waals surface area contributed by atoms with E-state index in [9.17, 15) is 4.79 Å². The molecule has 17 heavy (non-hydrogen) atoms. The van der Waals surface area contributed by atoms with Gasteiger partial charge in [0, 0.05) is 12.6 Å². The van der Waals surface area contributed by atoms with Crippen molar-refractivity contribution in [3.63, 3.8) is 0 Å². The van der Waals surface area contributed by atoms with Gasteiger partial charge < -0.3 is 0 Å². The minimum Gasteiger partial charge on any atom is -0.299 e. The highest BCUT2D eigenvalue weighted by Crippen LogP contribution is 2.23. The first kappa shape index (κ1) is 13.1. The first-order chi connectivity index (χ1) is 8.16. The van der Waals surface area contributed by atoms with Crippen molar-refractivity contribution in [2.45, 2.75) is 32.4 Å². The molecule has 0 aliphatic carbocycles. The Morgan fingerprint density at radius 1 is 1.47 bits per heavy atom. The summed E-state index contributed by atoms with van der Waals surface area (Å²) in [4.78, 5) is 14.6. The van der Waals surface area contributed by atoms with E-state index in [2.05, 4.69) is 29.1 Å². The van der Waals surface area contributed by atoms with Gasteiger partial charge in [0.05, 0.1) is 4.88 Å². The topological polar surface area (TPSA) is 20.3 Å². The van der Waals surface area contributed by atoms with E-state index in [1.54, 1.807) is 18.3 Å². The number of hydrogen-bond acceptors (Lipinski definition) is 4. The number of thiophene rings is 1. The van der Waals surface area contributed by atoms with Crippen LogP contribution in [0.3, 0.4) is 0 Å². The summed E-state index contributed by atoms with van der Waals surface area (Å²) >= 11 is 3.63. The highest BCUT2D eigenvalue weighted by molar-refractivity contribution is 7.99. The minimum absolute atomic E-state index is 0.179. The summed E-state index contributed by atoms with van der Waals surface area (Å²) in [5, 5.41) is 2.12. The lowest BCUT2D eigenvalue weighted by molar-refractivity contribution is 0.102. The second-order valence-corrected chi connectivity index (χ2v) is 6.77. The van der Waals surface area contributed by atoms with E-state index in [1.165, 1.54) is 29.9 Å². The van der Waals surface area contributed by atoms with Gasteiger partial charge >= 0.3 is 0 Å². The summed E-state index contributed by atoms with van der Waals surface area (Å²) in [7, 11) is 2.20. The van der Waals surface area contributed by atoms with Crippen molar-refractivity contribution in [1.82, 2.24) is 4.90 Å². The molecule has 1 aliphatic heterocycles. The zero-order chi connectivity index (χ0) is 12.3. The van der Waals surface area contributed by atoms with E-state index in [0.29, 0.717) is 0 Å². The molecule has 0 atom stereocenters. The second kappa shape index (κ2) is 6.03. The third kappa shape index (κ3) is 3.57. The molecule has 0 N–H and O–H groups in total. The van der Waals surface area contributed by atoms with E-state index in [4.69, 9.17) is 0 Å². The number of carbonyl (C=O) groups is 1. The molecular formula is C13H19NOS2. The molecular weight excluding hydrogens is 250 g/mol. The van der Waals surface area contributed by atoms with Crippen LogP contribution in [0.15, 0.2) is 11.4 Å². The zero-order valence-corrected chi connectivity index (χ0v) is 12.1. The second-order valence-electron chi connectivity index (χ2n) is 4.63. The van der Waals surface area contributed by atoms with Gasteiger partial charge in [-0.3, -0.25) is 9.69 Å². The third-order valence-electron chi connectivity index (χ3n) is 3.25. The summed E-state index contributed by atoms with van der Waals surface area (Å²) in [5.74, 6) is 2.76. The van der Waals surface area contributed by atoms with Gasteiger partial charge in [0.15, 0.2) is 5.78 Å². The quantitative estimate of drug-likeness (QED) is 0.782. The number of Topliss-reactive ketones (excluding diaryl/α,β-unsaturated/α-hetero) is 1. The first-order valence-corrected chi connectivity index (χ1v) is 8.06. The van der Waals surface area contributed by atoms with Crippen LogP contribution < -0.4 is 0 Å². The molecule has 1 saturated heterocycles. The summed E-state index contributed by atoms with van der Waals surface area (Å²) < 4.78 is 0. The number of hydrogen-bond donors (Lipinski definition) is 0. The molecule has 0 radical (unpaired) electrons. The Balaban J connectivity index is 1.92. The van der Waals surface area contributed by atoms with E-state index >= 15 is 0 Å². The number of carbonyl (C=O) groups excluding carboxylic acids is 1. The molecule has 94 valence electrons. The van der Waals surface area contributed by atoms with Gasteiger partial charge in [-0.2, -0.15) is 11.8 Å². The summed E-state index contributed by atoms with van der Waals surface area (Å²) in [6.07, 6.45) is 2.59. The van der Waals surface area contributed by atoms with Gasteiger partial charge in [-0.25, -0.2) is 0 Å². The Morgan fingerprint density at radius 2 is 2.18 bits per heavy atom. The zero-order valence-electron chi connectivity index (χ0n) is 10.4. The van der Waals surface area contributed by atoms with Crippen LogP contribution in [0.1, 0.15) is 35.0 Å². The standard InChI is InChI=1S/C13H19NOS2/c1-10(15)13-7-11(9-17-13)8-14(2)12-3-5-16-6-4-12/h7,9,12H,3-6,8H2,1-2H3. The average molecular weight is 269 g/mol. The van der Waals surface area contributed by atoms with Crippen LogP contribution in [0.2, 0.25) is 0 Å². The Morgan fingerprint density at radius 3 is 2.76 bits per heavy atom. The summed E-state index contributed by atoms with van der Waals surface area (Å²) in [6.45, 7) is 2.61. The molecule has 0 aromatic carbocycles. The molecule has 4 heteroatoms. The molecule has 2 nitrogen and oxygen atoms in total. The Kier molecular flexibility index (Phi) is 4.65. The van der Waals surface area contributed by atoms with Crippen molar-refractivity contribution in [3.8, 4) is 0 Å². The molecule has 0 bridgehead atoms.